The maximum atomic E-state index is 5.73. The van der Waals surface area contributed by atoms with Crippen molar-refractivity contribution in [2.45, 2.75) is 52.1 Å². The molecular weight excluding hydrogens is 148 g/mol. The molecule has 0 aromatic carbocycles. The summed E-state index contributed by atoms with van der Waals surface area (Å²) in [6.45, 7) is 5.80. The Hall–Kier alpha value is -0.0400. The van der Waals surface area contributed by atoms with Crippen molar-refractivity contribution in [2.75, 3.05) is 6.61 Å². The SMILES string of the molecule is CC1(C)CCC(C2CCCO2)C1. The second-order valence-electron chi connectivity index (χ2n) is 5.22. The molecule has 0 N–H and O–H groups in total. The first-order valence-electron chi connectivity index (χ1n) is 5.29. The van der Waals surface area contributed by atoms with Gasteiger partial charge in [0.25, 0.3) is 0 Å². The van der Waals surface area contributed by atoms with Crippen LogP contribution >= 0.6 is 0 Å². The summed E-state index contributed by atoms with van der Waals surface area (Å²) in [5, 5.41) is 0. The van der Waals surface area contributed by atoms with Gasteiger partial charge >= 0.3 is 0 Å². The topological polar surface area (TPSA) is 9.23 Å². The molecule has 2 fully saturated rings. The molecule has 2 unspecified atom stereocenters. The molecule has 1 aliphatic heterocycles. The summed E-state index contributed by atoms with van der Waals surface area (Å²) in [5.74, 6) is 0.877. The van der Waals surface area contributed by atoms with E-state index in [0.29, 0.717) is 11.5 Å². The maximum absolute atomic E-state index is 5.73. The van der Waals surface area contributed by atoms with Crippen molar-refractivity contribution >= 4 is 0 Å². The average Bonchev–Trinajstić information content (AvgIpc) is 2.55. The highest BCUT2D eigenvalue weighted by Crippen LogP contribution is 2.44. The van der Waals surface area contributed by atoms with Crippen LogP contribution in [0.25, 0.3) is 0 Å². The van der Waals surface area contributed by atoms with E-state index in [2.05, 4.69) is 13.8 Å². The highest BCUT2D eigenvalue weighted by molar-refractivity contribution is 4.87. The normalized spacial score (nSPS) is 40.5. The van der Waals surface area contributed by atoms with Crippen LogP contribution in [0.2, 0.25) is 0 Å². The Labute approximate surface area is 75.5 Å². The van der Waals surface area contributed by atoms with E-state index in [4.69, 9.17) is 4.74 Å². The van der Waals surface area contributed by atoms with Crippen LogP contribution in [-0.4, -0.2) is 12.7 Å². The second-order valence-corrected chi connectivity index (χ2v) is 5.22. The van der Waals surface area contributed by atoms with Gasteiger partial charge in [0.15, 0.2) is 0 Å². The van der Waals surface area contributed by atoms with Gasteiger partial charge in [-0.05, 0) is 43.4 Å². The van der Waals surface area contributed by atoms with Gasteiger partial charge < -0.3 is 4.74 Å². The molecule has 70 valence electrons. The monoisotopic (exact) mass is 168 g/mol. The van der Waals surface area contributed by atoms with Crippen molar-refractivity contribution in [3.8, 4) is 0 Å². The van der Waals surface area contributed by atoms with E-state index in [9.17, 15) is 0 Å². The van der Waals surface area contributed by atoms with E-state index in [-0.39, 0.29) is 0 Å². The Morgan fingerprint density at radius 1 is 1.25 bits per heavy atom. The molecule has 12 heavy (non-hydrogen) atoms. The van der Waals surface area contributed by atoms with Gasteiger partial charge in [-0.15, -0.1) is 0 Å². The smallest absolute Gasteiger partial charge is 0.0604 e. The third kappa shape index (κ3) is 1.66. The maximum Gasteiger partial charge on any atom is 0.0604 e. The zero-order valence-corrected chi connectivity index (χ0v) is 8.31. The van der Waals surface area contributed by atoms with Crippen LogP contribution in [0, 0.1) is 11.3 Å². The van der Waals surface area contributed by atoms with E-state index < -0.39 is 0 Å². The van der Waals surface area contributed by atoms with Crippen molar-refractivity contribution in [3.05, 3.63) is 0 Å². The predicted octanol–water partition coefficient (Wildman–Crippen LogP) is 2.99. The van der Waals surface area contributed by atoms with E-state index in [1.54, 1.807) is 0 Å². The number of hydrogen-bond donors (Lipinski definition) is 0. The molecule has 2 aliphatic rings. The summed E-state index contributed by atoms with van der Waals surface area (Å²) in [6.07, 6.45) is 7.42. The molecule has 1 nitrogen and oxygen atoms in total. The zero-order chi connectivity index (χ0) is 8.60. The minimum absolute atomic E-state index is 0.594. The molecule has 0 bridgehead atoms. The molecular formula is C11H20O. The van der Waals surface area contributed by atoms with Crippen LogP contribution in [0.1, 0.15) is 46.0 Å². The zero-order valence-electron chi connectivity index (χ0n) is 8.31. The fourth-order valence-corrected chi connectivity index (χ4v) is 2.78. The Morgan fingerprint density at radius 2 is 2.08 bits per heavy atom. The van der Waals surface area contributed by atoms with Gasteiger partial charge in [0, 0.05) is 6.61 Å². The highest BCUT2D eigenvalue weighted by Gasteiger charge is 2.36. The van der Waals surface area contributed by atoms with Crippen molar-refractivity contribution in [3.63, 3.8) is 0 Å². The minimum atomic E-state index is 0.594. The lowest BCUT2D eigenvalue weighted by Crippen LogP contribution is -2.18. The first-order chi connectivity index (χ1) is 5.67. The third-order valence-corrected chi connectivity index (χ3v) is 3.50. The second kappa shape index (κ2) is 3.02. The van der Waals surface area contributed by atoms with Gasteiger partial charge in [0.05, 0.1) is 6.10 Å². The number of rotatable bonds is 1. The van der Waals surface area contributed by atoms with E-state index in [0.717, 1.165) is 12.5 Å². The largest absolute Gasteiger partial charge is 0.378 e. The lowest BCUT2D eigenvalue weighted by molar-refractivity contribution is 0.0615. The summed E-state index contributed by atoms with van der Waals surface area (Å²) in [5.41, 5.74) is 0.594. The Balaban J connectivity index is 1.90. The molecule has 1 heterocycles. The fraction of sp³-hybridized carbons (Fsp3) is 1.00. The van der Waals surface area contributed by atoms with Crippen molar-refractivity contribution in [2.24, 2.45) is 11.3 Å². The van der Waals surface area contributed by atoms with E-state index in [1.165, 1.54) is 32.1 Å². The Morgan fingerprint density at radius 3 is 2.58 bits per heavy atom. The molecule has 0 spiro atoms. The molecule has 1 heteroatoms. The van der Waals surface area contributed by atoms with Gasteiger partial charge in [-0.3, -0.25) is 0 Å². The summed E-state index contributed by atoms with van der Waals surface area (Å²) in [4.78, 5) is 0. The molecule has 1 aliphatic carbocycles. The molecule has 2 rings (SSSR count). The van der Waals surface area contributed by atoms with Crippen LogP contribution in [-0.2, 0) is 4.74 Å². The minimum Gasteiger partial charge on any atom is -0.378 e. The van der Waals surface area contributed by atoms with Crippen LogP contribution in [0.4, 0.5) is 0 Å². The Bertz CT molecular complexity index is 156. The van der Waals surface area contributed by atoms with Crippen LogP contribution in [0.15, 0.2) is 0 Å². The summed E-state index contributed by atoms with van der Waals surface area (Å²) < 4.78 is 5.73. The lowest BCUT2D eigenvalue weighted by atomic mass is 9.89. The molecule has 2 atom stereocenters. The Kier molecular flexibility index (Phi) is 2.16. The molecule has 0 aromatic heterocycles. The van der Waals surface area contributed by atoms with Gasteiger partial charge in [0.1, 0.15) is 0 Å². The first kappa shape index (κ1) is 8.55. The standard InChI is InChI=1S/C11H20O/c1-11(2)6-5-9(8-11)10-4-3-7-12-10/h9-10H,3-8H2,1-2H3. The van der Waals surface area contributed by atoms with E-state index >= 15 is 0 Å². The van der Waals surface area contributed by atoms with E-state index in [1.807, 2.05) is 0 Å². The summed E-state index contributed by atoms with van der Waals surface area (Å²) in [6, 6.07) is 0. The number of ether oxygens (including phenoxy) is 1. The molecule has 1 saturated heterocycles. The molecule has 0 amide bonds. The van der Waals surface area contributed by atoms with Gasteiger partial charge in [-0.25, -0.2) is 0 Å². The van der Waals surface area contributed by atoms with Crippen LogP contribution in [0.3, 0.4) is 0 Å². The van der Waals surface area contributed by atoms with Crippen molar-refractivity contribution in [1.29, 1.82) is 0 Å². The first-order valence-corrected chi connectivity index (χ1v) is 5.29. The highest BCUT2D eigenvalue weighted by atomic mass is 16.5. The van der Waals surface area contributed by atoms with Gasteiger partial charge in [-0.2, -0.15) is 0 Å². The lowest BCUT2D eigenvalue weighted by Gasteiger charge is -2.20. The van der Waals surface area contributed by atoms with Crippen molar-refractivity contribution < 1.29 is 4.74 Å². The quantitative estimate of drug-likeness (QED) is 0.585. The van der Waals surface area contributed by atoms with Crippen LogP contribution < -0.4 is 0 Å². The molecule has 1 saturated carbocycles. The number of hydrogen-bond acceptors (Lipinski definition) is 1. The third-order valence-electron chi connectivity index (χ3n) is 3.50. The summed E-state index contributed by atoms with van der Waals surface area (Å²) >= 11 is 0. The molecule has 0 radical (unpaired) electrons. The summed E-state index contributed by atoms with van der Waals surface area (Å²) in [7, 11) is 0. The van der Waals surface area contributed by atoms with Gasteiger partial charge in [-0.1, -0.05) is 13.8 Å². The predicted molar refractivity (Wildman–Crippen MR) is 50.1 cm³/mol. The molecule has 0 aromatic rings. The average molecular weight is 168 g/mol. The van der Waals surface area contributed by atoms with Crippen LogP contribution in [0.5, 0.6) is 0 Å². The van der Waals surface area contributed by atoms with Gasteiger partial charge in [0.2, 0.25) is 0 Å². The van der Waals surface area contributed by atoms with Crippen molar-refractivity contribution in [1.82, 2.24) is 0 Å². The fourth-order valence-electron chi connectivity index (χ4n) is 2.78.